The highest BCUT2D eigenvalue weighted by Gasteiger charge is 2.34. The quantitative estimate of drug-likeness (QED) is 0.255. The third-order valence-electron chi connectivity index (χ3n) is 6.52. The Morgan fingerprint density at radius 1 is 0.951 bits per heavy atom. The highest BCUT2D eigenvalue weighted by Crippen LogP contribution is 2.35. The van der Waals surface area contributed by atoms with E-state index in [0.29, 0.717) is 17.0 Å². The minimum atomic E-state index is -4.28. The first kappa shape index (κ1) is 32.5. The fraction of sp³-hybridized carbons (Fsp3) is 0.310. The normalized spacial score (nSPS) is 12.8. The fourth-order valence-corrected chi connectivity index (χ4v) is 5.90. The number of rotatable bonds is 12. The third-order valence-corrected chi connectivity index (χ3v) is 9.27. The highest BCUT2D eigenvalue weighted by atomic mass is 35.5. The van der Waals surface area contributed by atoms with E-state index in [2.05, 4.69) is 5.32 Å². The summed E-state index contributed by atoms with van der Waals surface area (Å²) in [6.07, 6.45) is 0.691. The molecule has 0 heterocycles. The van der Waals surface area contributed by atoms with E-state index >= 15 is 0 Å². The van der Waals surface area contributed by atoms with Gasteiger partial charge in [0, 0.05) is 17.6 Å². The van der Waals surface area contributed by atoms with Gasteiger partial charge in [-0.1, -0.05) is 66.0 Å². The van der Waals surface area contributed by atoms with Gasteiger partial charge < -0.3 is 15.0 Å². The molecule has 8 nitrogen and oxygen atoms in total. The van der Waals surface area contributed by atoms with Gasteiger partial charge in [0.05, 0.1) is 27.7 Å². The lowest BCUT2D eigenvalue weighted by Crippen LogP contribution is -2.52. The Balaban J connectivity index is 2.10. The molecule has 0 aliphatic carbocycles. The van der Waals surface area contributed by atoms with Crippen LogP contribution in [0.3, 0.4) is 0 Å². The molecule has 0 aromatic heterocycles. The largest absolute Gasteiger partial charge is 0.495 e. The molecule has 0 saturated carbocycles. The summed E-state index contributed by atoms with van der Waals surface area (Å²) in [7, 11) is -2.89. The summed E-state index contributed by atoms with van der Waals surface area (Å²) in [5.41, 5.74) is 0.678. The molecule has 1 N–H and O–H groups in total. The molecule has 0 radical (unpaired) electrons. The maximum absolute atomic E-state index is 14.1. The van der Waals surface area contributed by atoms with Gasteiger partial charge in [-0.05, 0) is 68.3 Å². The number of nitrogens with zero attached hydrogens (tertiary/aromatic N) is 2. The molecule has 0 fully saturated rings. The lowest BCUT2D eigenvalue weighted by molar-refractivity contribution is -0.139. The van der Waals surface area contributed by atoms with Crippen LogP contribution in [0.15, 0.2) is 71.6 Å². The van der Waals surface area contributed by atoms with E-state index in [1.807, 2.05) is 13.8 Å². The second-order valence-electron chi connectivity index (χ2n) is 9.40. The Morgan fingerprint density at radius 2 is 1.63 bits per heavy atom. The molecule has 220 valence electrons. The molecule has 0 aliphatic heterocycles. The molecule has 2 atom stereocenters. The van der Waals surface area contributed by atoms with Crippen LogP contribution in [0.2, 0.25) is 15.1 Å². The van der Waals surface area contributed by atoms with Crippen LogP contribution in [0.5, 0.6) is 5.75 Å². The van der Waals surface area contributed by atoms with Gasteiger partial charge in [0.15, 0.2) is 0 Å². The van der Waals surface area contributed by atoms with Crippen molar-refractivity contribution in [3.63, 3.8) is 0 Å². The maximum atomic E-state index is 14.1. The van der Waals surface area contributed by atoms with Gasteiger partial charge in [0.25, 0.3) is 10.0 Å². The van der Waals surface area contributed by atoms with Crippen molar-refractivity contribution in [2.75, 3.05) is 18.0 Å². The van der Waals surface area contributed by atoms with Gasteiger partial charge in [0.2, 0.25) is 11.8 Å². The number of anilines is 1. The van der Waals surface area contributed by atoms with Crippen LogP contribution in [-0.2, 0) is 26.2 Å². The molecule has 0 bridgehead atoms. The lowest BCUT2D eigenvalue weighted by Gasteiger charge is -2.33. The fourth-order valence-electron chi connectivity index (χ4n) is 3.97. The molecule has 2 amide bonds. The minimum absolute atomic E-state index is 0.0310. The van der Waals surface area contributed by atoms with Crippen LogP contribution in [0.25, 0.3) is 0 Å². The van der Waals surface area contributed by atoms with E-state index in [0.717, 1.165) is 4.31 Å². The predicted octanol–water partition coefficient (Wildman–Crippen LogP) is 6.18. The molecule has 0 saturated heterocycles. The van der Waals surface area contributed by atoms with Crippen molar-refractivity contribution in [2.45, 2.75) is 50.7 Å². The highest BCUT2D eigenvalue weighted by molar-refractivity contribution is 7.92. The van der Waals surface area contributed by atoms with E-state index in [4.69, 9.17) is 39.5 Å². The van der Waals surface area contributed by atoms with Crippen LogP contribution in [0, 0.1) is 0 Å². The number of sulfonamides is 1. The van der Waals surface area contributed by atoms with Gasteiger partial charge in [-0.3, -0.25) is 13.9 Å². The van der Waals surface area contributed by atoms with Crippen molar-refractivity contribution in [3.8, 4) is 5.75 Å². The number of carbonyl (C=O) groups is 2. The van der Waals surface area contributed by atoms with Crippen molar-refractivity contribution in [2.24, 2.45) is 0 Å². The van der Waals surface area contributed by atoms with Crippen LogP contribution in [0.4, 0.5) is 5.69 Å². The Morgan fingerprint density at radius 3 is 2.24 bits per heavy atom. The molecular weight excluding hydrogens is 609 g/mol. The molecule has 3 rings (SSSR count). The predicted molar refractivity (Wildman–Crippen MR) is 163 cm³/mol. The van der Waals surface area contributed by atoms with Crippen molar-refractivity contribution < 1.29 is 22.7 Å². The second kappa shape index (κ2) is 14.3. The van der Waals surface area contributed by atoms with Crippen molar-refractivity contribution >= 4 is 62.3 Å². The zero-order chi connectivity index (χ0) is 30.3. The summed E-state index contributed by atoms with van der Waals surface area (Å²) in [5.74, 6) is -0.824. The number of ether oxygens (including phenoxy) is 1. The van der Waals surface area contributed by atoms with E-state index in [-0.39, 0.29) is 44.9 Å². The number of nitrogens with one attached hydrogen (secondary N) is 1. The second-order valence-corrected chi connectivity index (χ2v) is 12.5. The molecule has 12 heteroatoms. The van der Waals surface area contributed by atoms with Crippen LogP contribution < -0.4 is 14.4 Å². The first-order valence-electron chi connectivity index (χ1n) is 12.8. The Labute approximate surface area is 256 Å². The first-order valence-corrected chi connectivity index (χ1v) is 15.4. The van der Waals surface area contributed by atoms with Crippen molar-refractivity contribution in [1.82, 2.24) is 10.2 Å². The van der Waals surface area contributed by atoms with Gasteiger partial charge in [-0.15, -0.1) is 0 Å². The number of methoxy groups -OCH3 is 1. The van der Waals surface area contributed by atoms with E-state index in [1.54, 1.807) is 49.4 Å². The Bertz CT molecular complexity index is 1490. The van der Waals surface area contributed by atoms with Gasteiger partial charge >= 0.3 is 0 Å². The van der Waals surface area contributed by atoms with Crippen molar-refractivity contribution in [3.05, 3.63) is 87.4 Å². The summed E-state index contributed by atoms with van der Waals surface area (Å²) in [6.45, 7) is 4.70. The van der Waals surface area contributed by atoms with Crippen LogP contribution in [-0.4, -0.2) is 50.9 Å². The van der Waals surface area contributed by atoms with Crippen molar-refractivity contribution in [1.29, 1.82) is 0 Å². The smallest absolute Gasteiger partial charge is 0.264 e. The summed E-state index contributed by atoms with van der Waals surface area (Å²) >= 11 is 18.6. The maximum Gasteiger partial charge on any atom is 0.264 e. The number of carbonyl (C=O) groups excluding carboxylic acids is 2. The lowest BCUT2D eigenvalue weighted by atomic mass is 10.1. The number of amides is 2. The molecular formula is C29H32Cl3N3O5S. The van der Waals surface area contributed by atoms with Gasteiger partial charge in [-0.25, -0.2) is 8.42 Å². The first-order chi connectivity index (χ1) is 19.4. The summed E-state index contributed by atoms with van der Waals surface area (Å²) in [5, 5.41) is 3.75. The summed E-state index contributed by atoms with van der Waals surface area (Å²) < 4.78 is 34.3. The van der Waals surface area contributed by atoms with E-state index in [9.17, 15) is 18.0 Å². The SMILES string of the molecule is CC[C@@H](C)NC(=O)[C@H](C)N(Cc1ccc(Cl)c(Cl)c1)C(=O)CN(c1cc(Cl)ccc1OC)S(=O)(=O)c1ccccc1. The molecule has 0 aliphatic rings. The molecule has 0 spiro atoms. The Kier molecular flexibility index (Phi) is 11.3. The van der Waals surface area contributed by atoms with E-state index in [1.165, 1.54) is 36.3 Å². The van der Waals surface area contributed by atoms with Gasteiger partial charge in [0.1, 0.15) is 18.3 Å². The summed E-state index contributed by atoms with van der Waals surface area (Å²) in [6, 6.07) is 16.0. The standard InChI is InChI=1S/C29H32Cl3N3O5S/c1-5-19(2)33-29(37)20(3)34(17-21-11-13-24(31)25(32)15-21)28(36)18-35(26-16-22(30)12-14-27(26)40-4)41(38,39)23-9-7-6-8-10-23/h6-16,19-20H,5,17-18H2,1-4H3,(H,33,37)/t19-,20+/m1/s1. The zero-order valence-corrected chi connectivity index (χ0v) is 26.2. The molecule has 3 aromatic rings. The number of hydrogen-bond acceptors (Lipinski definition) is 5. The number of benzene rings is 3. The minimum Gasteiger partial charge on any atom is -0.495 e. The molecule has 0 unspecified atom stereocenters. The number of halogens is 3. The van der Waals surface area contributed by atoms with Crippen LogP contribution >= 0.6 is 34.8 Å². The third kappa shape index (κ3) is 8.07. The van der Waals surface area contributed by atoms with Crippen LogP contribution in [0.1, 0.15) is 32.8 Å². The average Bonchev–Trinajstić information content (AvgIpc) is 2.96. The molecule has 41 heavy (non-hydrogen) atoms. The zero-order valence-electron chi connectivity index (χ0n) is 23.1. The average molecular weight is 641 g/mol. The Hall–Kier alpha value is -2.98. The van der Waals surface area contributed by atoms with Gasteiger partial charge in [-0.2, -0.15) is 0 Å². The molecule has 3 aromatic carbocycles. The monoisotopic (exact) mass is 639 g/mol. The summed E-state index contributed by atoms with van der Waals surface area (Å²) in [4.78, 5) is 28.5. The topological polar surface area (TPSA) is 96.0 Å². The number of hydrogen-bond donors (Lipinski definition) is 1. The van der Waals surface area contributed by atoms with E-state index < -0.39 is 28.5 Å².